The molecule has 14 heavy (non-hydrogen) atoms. The molecular weight excluding hydrogens is 266 g/mol. The second-order valence-electron chi connectivity index (χ2n) is 2.78. The summed E-state index contributed by atoms with van der Waals surface area (Å²) in [6.07, 6.45) is 5.94. The predicted molar refractivity (Wildman–Crippen MR) is 61.8 cm³/mol. The second kappa shape index (κ2) is 6.08. The molecule has 0 radical (unpaired) electrons. The maximum atomic E-state index is 10.7. The average molecular weight is 278 g/mol. The van der Waals surface area contributed by atoms with Gasteiger partial charge in [-0.2, -0.15) is 0 Å². The highest BCUT2D eigenvalue weighted by Gasteiger charge is 1.95. The van der Waals surface area contributed by atoms with E-state index in [-0.39, 0.29) is 0 Å². The Balaban J connectivity index is 2.25. The smallest absolute Gasteiger partial charge is 0.222 e. The molecule has 4 nitrogen and oxygen atoms in total. The van der Waals surface area contributed by atoms with Gasteiger partial charge in [0, 0.05) is 41.7 Å². The van der Waals surface area contributed by atoms with Gasteiger partial charge in [0.2, 0.25) is 5.95 Å². The normalized spacial score (nSPS) is 12.4. The average Bonchev–Trinajstić information content (AvgIpc) is 2.15. The first-order valence-electron chi connectivity index (χ1n) is 4.20. The van der Waals surface area contributed by atoms with Crippen molar-refractivity contribution in [1.29, 1.82) is 0 Å². The number of anilines is 1. The minimum Gasteiger partial charge on any atom is -0.354 e. The van der Waals surface area contributed by atoms with Gasteiger partial charge in [-0.1, -0.05) is 0 Å². The summed E-state index contributed by atoms with van der Waals surface area (Å²) in [5, 5.41) is 3.05. The quantitative estimate of drug-likeness (QED) is 0.828. The fraction of sp³-hybridized carbons (Fsp3) is 0.500. The van der Waals surface area contributed by atoms with Gasteiger partial charge in [0.1, 0.15) is 0 Å². The van der Waals surface area contributed by atoms with Gasteiger partial charge in [-0.05, 0) is 22.4 Å². The lowest BCUT2D eigenvalue weighted by Gasteiger charge is -2.02. The first-order chi connectivity index (χ1) is 6.68. The topological polar surface area (TPSA) is 54.9 Å². The lowest BCUT2D eigenvalue weighted by Crippen LogP contribution is -2.08. The molecule has 0 aliphatic heterocycles. The molecule has 78 valence electrons. The van der Waals surface area contributed by atoms with E-state index < -0.39 is 10.8 Å². The zero-order valence-corrected chi connectivity index (χ0v) is 10.3. The fourth-order valence-corrected chi connectivity index (χ4v) is 1.63. The summed E-state index contributed by atoms with van der Waals surface area (Å²) in [5.41, 5.74) is 0. The largest absolute Gasteiger partial charge is 0.354 e. The van der Waals surface area contributed by atoms with Crippen LogP contribution in [-0.4, -0.2) is 32.7 Å². The Hall–Kier alpha value is -0.490. The summed E-state index contributed by atoms with van der Waals surface area (Å²) in [4.78, 5) is 8.10. The number of nitrogens with zero attached hydrogens (tertiary/aromatic N) is 2. The highest BCUT2D eigenvalue weighted by molar-refractivity contribution is 9.10. The van der Waals surface area contributed by atoms with E-state index in [1.807, 2.05) is 0 Å². The van der Waals surface area contributed by atoms with Gasteiger partial charge in [-0.3, -0.25) is 4.21 Å². The van der Waals surface area contributed by atoms with Gasteiger partial charge in [0.05, 0.1) is 4.47 Å². The van der Waals surface area contributed by atoms with Crippen LogP contribution in [0.15, 0.2) is 16.9 Å². The highest BCUT2D eigenvalue weighted by atomic mass is 79.9. The summed E-state index contributed by atoms with van der Waals surface area (Å²) in [7, 11) is -0.715. The second-order valence-corrected chi connectivity index (χ2v) is 5.25. The van der Waals surface area contributed by atoms with Crippen LogP contribution >= 0.6 is 15.9 Å². The zero-order chi connectivity index (χ0) is 10.4. The van der Waals surface area contributed by atoms with Crippen molar-refractivity contribution >= 4 is 32.7 Å². The number of hydrogen-bond acceptors (Lipinski definition) is 4. The number of nitrogens with one attached hydrogen (secondary N) is 1. The summed E-state index contributed by atoms with van der Waals surface area (Å²) in [6.45, 7) is 0.751. The molecule has 1 rings (SSSR count). The van der Waals surface area contributed by atoms with Crippen molar-refractivity contribution in [3.63, 3.8) is 0 Å². The van der Waals surface area contributed by atoms with Gasteiger partial charge >= 0.3 is 0 Å². The lowest BCUT2D eigenvalue weighted by molar-refractivity contribution is 0.685. The Kier molecular flexibility index (Phi) is 5.03. The van der Waals surface area contributed by atoms with Crippen LogP contribution in [0.1, 0.15) is 6.42 Å². The molecule has 1 unspecified atom stereocenters. The molecule has 0 aliphatic carbocycles. The van der Waals surface area contributed by atoms with E-state index in [1.54, 1.807) is 18.6 Å². The van der Waals surface area contributed by atoms with Gasteiger partial charge < -0.3 is 5.32 Å². The Labute approximate surface area is 94.1 Å². The van der Waals surface area contributed by atoms with Crippen molar-refractivity contribution in [2.45, 2.75) is 6.42 Å². The van der Waals surface area contributed by atoms with Crippen molar-refractivity contribution in [3.8, 4) is 0 Å². The highest BCUT2D eigenvalue weighted by Crippen LogP contribution is 2.06. The molecule has 1 heterocycles. The molecule has 6 heteroatoms. The predicted octanol–water partition coefficient (Wildman–Crippen LogP) is 1.42. The monoisotopic (exact) mass is 277 g/mol. The third kappa shape index (κ3) is 4.66. The maximum absolute atomic E-state index is 10.7. The molecule has 0 fully saturated rings. The molecule has 0 bridgehead atoms. The van der Waals surface area contributed by atoms with Gasteiger partial charge in [-0.25, -0.2) is 9.97 Å². The maximum Gasteiger partial charge on any atom is 0.222 e. The van der Waals surface area contributed by atoms with Crippen molar-refractivity contribution < 1.29 is 4.21 Å². The number of rotatable bonds is 5. The lowest BCUT2D eigenvalue weighted by atomic mass is 10.5. The van der Waals surface area contributed by atoms with Crippen LogP contribution < -0.4 is 5.32 Å². The van der Waals surface area contributed by atoms with Gasteiger partial charge in [-0.15, -0.1) is 0 Å². The molecule has 0 aliphatic rings. The molecule has 0 amide bonds. The molecule has 1 atom stereocenters. The standard InChI is InChI=1S/C8H12BrN3OS/c1-14(13)4-2-3-10-8-11-5-7(9)6-12-8/h5-6H,2-4H2,1H3,(H,10,11,12). The van der Waals surface area contributed by atoms with Crippen molar-refractivity contribution in [2.24, 2.45) is 0 Å². The summed E-state index contributed by atoms with van der Waals surface area (Å²) < 4.78 is 11.6. The Morgan fingerprint density at radius 1 is 1.50 bits per heavy atom. The van der Waals surface area contributed by atoms with E-state index in [9.17, 15) is 4.21 Å². The van der Waals surface area contributed by atoms with E-state index >= 15 is 0 Å². The third-order valence-corrected chi connectivity index (χ3v) is 2.79. The van der Waals surface area contributed by atoms with Crippen molar-refractivity contribution in [1.82, 2.24) is 9.97 Å². The zero-order valence-electron chi connectivity index (χ0n) is 7.86. The van der Waals surface area contributed by atoms with E-state index in [0.717, 1.165) is 17.4 Å². The van der Waals surface area contributed by atoms with Crippen LogP contribution in [0.5, 0.6) is 0 Å². The van der Waals surface area contributed by atoms with Crippen LogP contribution in [-0.2, 0) is 10.8 Å². The van der Waals surface area contributed by atoms with Crippen LogP contribution in [0, 0.1) is 0 Å². The number of hydrogen-bond donors (Lipinski definition) is 1. The molecule has 1 aromatic rings. The number of aromatic nitrogens is 2. The first-order valence-corrected chi connectivity index (χ1v) is 6.72. The molecule has 0 aromatic carbocycles. The van der Waals surface area contributed by atoms with E-state index in [2.05, 4.69) is 31.2 Å². The molecule has 0 saturated carbocycles. The van der Waals surface area contributed by atoms with Gasteiger partial charge in [0.25, 0.3) is 0 Å². The minimum absolute atomic E-state index is 0.607. The van der Waals surface area contributed by atoms with E-state index in [1.165, 1.54) is 0 Å². The third-order valence-electron chi connectivity index (χ3n) is 1.51. The van der Waals surface area contributed by atoms with Crippen LogP contribution in [0.25, 0.3) is 0 Å². The molecule has 1 aromatic heterocycles. The van der Waals surface area contributed by atoms with Crippen molar-refractivity contribution in [2.75, 3.05) is 23.9 Å². The molecule has 0 saturated heterocycles. The van der Waals surface area contributed by atoms with E-state index in [0.29, 0.717) is 11.7 Å². The number of halogens is 1. The van der Waals surface area contributed by atoms with E-state index in [4.69, 9.17) is 0 Å². The molecule has 1 N–H and O–H groups in total. The Bertz CT molecular complexity index is 304. The summed E-state index contributed by atoms with van der Waals surface area (Å²) in [5.74, 6) is 1.32. The Morgan fingerprint density at radius 2 is 2.14 bits per heavy atom. The molecular formula is C8H12BrN3OS. The van der Waals surface area contributed by atoms with Crippen LogP contribution in [0.3, 0.4) is 0 Å². The Morgan fingerprint density at radius 3 is 2.71 bits per heavy atom. The minimum atomic E-state index is -0.715. The fourth-order valence-electron chi connectivity index (χ4n) is 0.879. The summed E-state index contributed by atoms with van der Waals surface area (Å²) >= 11 is 3.25. The van der Waals surface area contributed by atoms with Gasteiger partial charge in [0.15, 0.2) is 0 Å². The van der Waals surface area contributed by atoms with Crippen molar-refractivity contribution in [3.05, 3.63) is 16.9 Å². The van der Waals surface area contributed by atoms with Crippen LogP contribution in [0.2, 0.25) is 0 Å². The summed E-state index contributed by atoms with van der Waals surface area (Å²) in [6, 6.07) is 0. The molecule has 0 spiro atoms. The van der Waals surface area contributed by atoms with Crippen LogP contribution in [0.4, 0.5) is 5.95 Å². The SMILES string of the molecule is CS(=O)CCCNc1ncc(Br)cn1. The first kappa shape index (κ1) is 11.6.